The van der Waals surface area contributed by atoms with Crippen LogP contribution in [0.25, 0.3) is 0 Å². The lowest BCUT2D eigenvalue weighted by Crippen LogP contribution is -2.37. The molecule has 5 nitrogen and oxygen atoms in total. The first-order valence-corrected chi connectivity index (χ1v) is 6.16. The molecule has 0 saturated carbocycles. The maximum atomic E-state index is 5.75. The number of aromatic nitrogens is 3. The minimum Gasteiger partial charge on any atom is -0.379 e. The van der Waals surface area contributed by atoms with E-state index in [1.807, 2.05) is 4.57 Å². The zero-order valence-corrected chi connectivity index (χ0v) is 10.1. The van der Waals surface area contributed by atoms with Gasteiger partial charge in [-0.05, 0) is 6.42 Å². The van der Waals surface area contributed by atoms with Gasteiger partial charge in [0, 0.05) is 26.2 Å². The lowest BCUT2D eigenvalue weighted by atomic mass is 10.3. The van der Waals surface area contributed by atoms with Crippen LogP contribution in [-0.4, -0.2) is 52.5 Å². The Bertz CT molecular complexity index is 312. The maximum absolute atomic E-state index is 5.75. The minimum atomic E-state index is 0.428. The number of hydrogen-bond donors (Lipinski definition) is 0. The number of halogens is 1. The van der Waals surface area contributed by atoms with E-state index in [-0.39, 0.29) is 0 Å². The molecule has 2 rings (SSSR count). The van der Waals surface area contributed by atoms with Crippen molar-refractivity contribution in [1.29, 1.82) is 0 Å². The molecular weight excluding hydrogens is 228 g/mol. The lowest BCUT2D eigenvalue weighted by molar-refractivity contribution is 0.0369. The first-order valence-electron chi connectivity index (χ1n) is 5.63. The number of aryl methyl sites for hydroxylation is 1. The number of ether oxygens (including phenoxy) is 1. The van der Waals surface area contributed by atoms with Crippen LogP contribution in [0.15, 0.2) is 6.33 Å². The van der Waals surface area contributed by atoms with Crippen LogP contribution in [0.1, 0.15) is 12.2 Å². The van der Waals surface area contributed by atoms with Crippen LogP contribution in [0.4, 0.5) is 0 Å². The largest absolute Gasteiger partial charge is 0.379 e. The molecule has 2 heterocycles. The highest BCUT2D eigenvalue weighted by atomic mass is 35.5. The van der Waals surface area contributed by atoms with Gasteiger partial charge in [-0.25, -0.2) is 0 Å². The zero-order chi connectivity index (χ0) is 11.2. The second-order valence-corrected chi connectivity index (χ2v) is 4.15. The lowest BCUT2D eigenvalue weighted by Gasteiger charge is -2.26. The van der Waals surface area contributed by atoms with E-state index in [2.05, 4.69) is 15.1 Å². The molecule has 0 amide bonds. The van der Waals surface area contributed by atoms with Crippen LogP contribution >= 0.6 is 11.6 Å². The second kappa shape index (κ2) is 6.18. The van der Waals surface area contributed by atoms with Gasteiger partial charge in [-0.2, -0.15) is 0 Å². The monoisotopic (exact) mass is 244 g/mol. The fourth-order valence-electron chi connectivity index (χ4n) is 1.86. The molecule has 16 heavy (non-hydrogen) atoms. The summed E-state index contributed by atoms with van der Waals surface area (Å²) in [6.45, 7) is 5.85. The van der Waals surface area contributed by atoms with Crippen molar-refractivity contribution in [3.63, 3.8) is 0 Å². The molecule has 0 radical (unpaired) electrons. The Labute approximate surface area is 100 Å². The summed E-state index contributed by atoms with van der Waals surface area (Å²) in [5, 5.41) is 7.80. The molecule has 1 fully saturated rings. The van der Waals surface area contributed by atoms with E-state index in [0.717, 1.165) is 51.6 Å². The highest BCUT2D eigenvalue weighted by molar-refractivity contribution is 6.16. The van der Waals surface area contributed by atoms with Gasteiger partial charge in [-0.15, -0.1) is 21.8 Å². The summed E-state index contributed by atoms with van der Waals surface area (Å²) in [6, 6.07) is 0. The smallest absolute Gasteiger partial charge is 0.147 e. The van der Waals surface area contributed by atoms with Crippen LogP contribution < -0.4 is 0 Å². The summed E-state index contributed by atoms with van der Waals surface area (Å²) < 4.78 is 7.33. The average Bonchev–Trinajstić information content (AvgIpc) is 2.78. The Morgan fingerprint density at radius 3 is 2.88 bits per heavy atom. The molecule has 1 aromatic heterocycles. The molecule has 0 bridgehead atoms. The third kappa shape index (κ3) is 3.17. The predicted octanol–water partition coefficient (Wildman–Crippen LogP) is 0.739. The van der Waals surface area contributed by atoms with Crippen LogP contribution in [0.3, 0.4) is 0 Å². The van der Waals surface area contributed by atoms with Crippen molar-refractivity contribution in [2.45, 2.75) is 18.8 Å². The van der Waals surface area contributed by atoms with E-state index >= 15 is 0 Å². The first-order chi connectivity index (χ1) is 7.90. The third-order valence-corrected chi connectivity index (χ3v) is 3.03. The van der Waals surface area contributed by atoms with Gasteiger partial charge in [-0.1, -0.05) is 0 Å². The van der Waals surface area contributed by atoms with Gasteiger partial charge in [0.1, 0.15) is 12.2 Å². The minimum absolute atomic E-state index is 0.428. The predicted molar refractivity (Wildman–Crippen MR) is 61.5 cm³/mol. The highest BCUT2D eigenvalue weighted by Crippen LogP contribution is 2.03. The molecule has 0 aromatic carbocycles. The summed E-state index contributed by atoms with van der Waals surface area (Å²) in [5.41, 5.74) is 0. The first kappa shape index (κ1) is 11.8. The SMILES string of the molecule is ClCc1nncn1CCCN1CCOCC1. The van der Waals surface area contributed by atoms with Crippen molar-refractivity contribution < 1.29 is 4.74 Å². The van der Waals surface area contributed by atoms with Crippen LogP contribution in [0, 0.1) is 0 Å². The highest BCUT2D eigenvalue weighted by Gasteiger charge is 2.09. The van der Waals surface area contributed by atoms with E-state index in [1.165, 1.54) is 0 Å². The van der Waals surface area contributed by atoms with Gasteiger partial charge in [0.2, 0.25) is 0 Å². The Kier molecular flexibility index (Phi) is 4.56. The van der Waals surface area contributed by atoms with Gasteiger partial charge in [-0.3, -0.25) is 4.90 Å². The van der Waals surface area contributed by atoms with Crippen molar-refractivity contribution in [1.82, 2.24) is 19.7 Å². The van der Waals surface area contributed by atoms with E-state index in [1.54, 1.807) is 6.33 Å². The van der Waals surface area contributed by atoms with Crippen molar-refractivity contribution in [2.24, 2.45) is 0 Å². The Hall–Kier alpha value is -0.650. The number of morpholine rings is 1. The molecule has 0 atom stereocenters. The van der Waals surface area contributed by atoms with Gasteiger partial charge in [0.15, 0.2) is 0 Å². The van der Waals surface area contributed by atoms with Gasteiger partial charge < -0.3 is 9.30 Å². The molecule has 0 unspecified atom stereocenters. The topological polar surface area (TPSA) is 43.2 Å². The number of nitrogens with zero attached hydrogens (tertiary/aromatic N) is 4. The average molecular weight is 245 g/mol. The number of hydrogen-bond acceptors (Lipinski definition) is 4. The van der Waals surface area contributed by atoms with Crippen LogP contribution in [-0.2, 0) is 17.2 Å². The van der Waals surface area contributed by atoms with E-state index < -0.39 is 0 Å². The van der Waals surface area contributed by atoms with Crippen molar-refractivity contribution >= 4 is 11.6 Å². The van der Waals surface area contributed by atoms with E-state index in [0.29, 0.717) is 5.88 Å². The molecule has 1 aromatic rings. The third-order valence-electron chi connectivity index (χ3n) is 2.79. The van der Waals surface area contributed by atoms with Crippen molar-refractivity contribution in [3.8, 4) is 0 Å². The normalized spacial score (nSPS) is 17.8. The molecule has 1 aliphatic heterocycles. The zero-order valence-electron chi connectivity index (χ0n) is 9.31. The standard InChI is InChI=1S/C10H17ClN4O/c11-8-10-13-12-9-15(10)3-1-2-14-4-6-16-7-5-14/h9H,1-8H2. The molecule has 1 saturated heterocycles. The molecule has 0 N–H and O–H groups in total. The number of rotatable bonds is 5. The van der Waals surface area contributed by atoms with Crippen molar-refractivity contribution in [3.05, 3.63) is 12.2 Å². The van der Waals surface area contributed by atoms with Crippen LogP contribution in [0.5, 0.6) is 0 Å². The van der Waals surface area contributed by atoms with E-state index in [9.17, 15) is 0 Å². The maximum Gasteiger partial charge on any atom is 0.147 e. The van der Waals surface area contributed by atoms with E-state index in [4.69, 9.17) is 16.3 Å². The van der Waals surface area contributed by atoms with Gasteiger partial charge in [0.25, 0.3) is 0 Å². The quantitative estimate of drug-likeness (QED) is 0.717. The molecule has 0 spiro atoms. The fourth-order valence-corrected chi connectivity index (χ4v) is 2.07. The Balaban J connectivity index is 1.71. The van der Waals surface area contributed by atoms with Gasteiger partial charge >= 0.3 is 0 Å². The summed E-state index contributed by atoms with van der Waals surface area (Å²) in [7, 11) is 0. The molecular formula is C10H17ClN4O. The summed E-state index contributed by atoms with van der Waals surface area (Å²) >= 11 is 5.75. The summed E-state index contributed by atoms with van der Waals surface area (Å²) in [6.07, 6.45) is 2.85. The summed E-state index contributed by atoms with van der Waals surface area (Å²) in [4.78, 5) is 2.42. The van der Waals surface area contributed by atoms with Gasteiger partial charge in [0.05, 0.1) is 19.1 Å². The molecule has 90 valence electrons. The number of alkyl halides is 1. The molecule has 0 aliphatic carbocycles. The Morgan fingerprint density at radius 1 is 1.31 bits per heavy atom. The second-order valence-electron chi connectivity index (χ2n) is 3.88. The molecule has 1 aliphatic rings. The summed E-state index contributed by atoms with van der Waals surface area (Å²) in [5.74, 6) is 1.28. The fraction of sp³-hybridized carbons (Fsp3) is 0.800. The molecule has 6 heteroatoms. The van der Waals surface area contributed by atoms with Crippen LogP contribution in [0.2, 0.25) is 0 Å². The van der Waals surface area contributed by atoms with Crippen molar-refractivity contribution in [2.75, 3.05) is 32.8 Å². The Morgan fingerprint density at radius 2 is 2.12 bits per heavy atom.